The van der Waals surface area contributed by atoms with Gasteiger partial charge in [-0.25, -0.2) is 8.42 Å². The van der Waals surface area contributed by atoms with Gasteiger partial charge in [-0.1, -0.05) is 36.8 Å². The highest BCUT2D eigenvalue weighted by Crippen LogP contribution is 2.27. The molecular weight excluding hydrogens is 418 g/mol. The zero-order chi connectivity index (χ0) is 22.3. The lowest BCUT2D eigenvalue weighted by Crippen LogP contribution is -2.45. The molecule has 1 atom stereocenters. The highest BCUT2D eigenvalue weighted by molar-refractivity contribution is 7.89. The lowest BCUT2D eigenvalue weighted by molar-refractivity contribution is -0.136. The molecule has 3 rings (SSSR count). The van der Waals surface area contributed by atoms with Crippen LogP contribution in [0, 0.1) is 0 Å². The first-order chi connectivity index (χ1) is 14.9. The number of nitrogens with one attached hydrogen (secondary N) is 2. The van der Waals surface area contributed by atoms with Crippen LogP contribution < -0.4 is 15.4 Å². The number of piperidine rings is 1. The van der Waals surface area contributed by atoms with Crippen molar-refractivity contribution in [3.05, 3.63) is 54.6 Å². The van der Waals surface area contributed by atoms with Crippen molar-refractivity contribution in [2.75, 3.05) is 25.5 Å². The molecule has 1 fully saturated rings. The lowest BCUT2D eigenvalue weighted by atomic mass is 10.0. The van der Waals surface area contributed by atoms with Gasteiger partial charge in [0.15, 0.2) is 0 Å². The Balaban J connectivity index is 1.57. The van der Waals surface area contributed by atoms with Crippen LogP contribution in [0.15, 0.2) is 59.5 Å². The maximum absolute atomic E-state index is 13.0. The van der Waals surface area contributed by atoms with Gasteiger partial charge >= 0.3 is 11.8 Å². The molecular formula is C22H27N3O5S. The molecule has 0 aliphatic carbocycles. The van der Waals surface area contributed by atoms with E-state index in [1.54, 1.807) is 54.6 Å². The van der Waals surface area contributed by atoms with Gasteiger partial charge in [-0.3, -0.25) is 9.59 Å². The van der Waals surface area contributed by atoms with E-state index in [1.807, 2.05) is 0 Å². The second-order valence-electron chi connectivity index (χ2n) is 7.28. The molecule has 2 aromatic rings. The van der Waals surface area contributed by atoms with Crippen LogP contribution in [-0.2, 0) is 19.6 Å². The van der Waals surface area contributed by atoms with Crippen LogP contribution in [0.25, 0.3) is 0 Å². The Morgan fingerprint density at radius 3 is 2.48 bits per heavy atom. The standard InChI is InChI=1S/C22H27N3O5S/c1-30-20-13-6-5-12-19(20)24-22(27)21(26)23-15-14-17-9-7-8-16-25(17)31(28,29)18-10-3-2-4-11-18/h2-6,10-13,17H,7-9,14-16H2,1H3,(H,23,26)(H,24,27)/t17-/m0/s1. The van der Waals surface area contributed by atoms with Gasteiger partial charge in [-0.2, -0.15) is 4.31 Å². The first kappa shape index (κ1) is 22.8. The summed E-state index contributed by atoms with van der Waals surface area (Å²) in [7, 11) is -2.12. The van der Waals surface area contributed by atoms with Gasteiger partial charge in [0.2, 0.25) is 10.0 Å². The number of carbonyl (C=O) groups is 2. The number of anilines is 1. The van der Waals surface area contributed by atoms with Gasteiger partial charge in [-0.05, 0) is 43.5 Å². The fourth-order valence-electron chi connectivity index (χ4n) is 3.67. The molecule has 0 unspecified atom stereocenters. The number of amides is 2. The molecule has 0 bridgehead atoms. The average Bonchev–Trinajstić information content (AvgIpc) is 2.80. The van der Waals surface area contributed by atoms with Crippen LogP contribution in [0.4, 0.5) is 5.69 Å². The van der Waals surface area contributed by atoms with Gasteiger partial charge in [0, 0.05) is 19.1 Å². The normalized spacial score (nSPS) is 17.0. The van der Waals surface area contributed by atoms with E-state index in [0.717, 1.165) is 19.3 Å². The molecule has 2 amide bonds. The summed E-state index contributed by atoms with van der Waals surface area (Å²) in [6.45, 7) is 0.647. The summed E-state index contributed by atoms with van der Waals surface area (Å²) in [6.07, 6.45) is 2.87. The van der Waals surface area contributed by atoms with Crippen LogP contribution in [0.1, 0.15) is 25.7 Å². The number of hydrogen-bond donors (Lipinski definition) is 2. The number of nitrogens with zero attached hydrogens (tertiary/aromatic N) is 1. The zero-order valence-corrected chi connectivity index (χ0v) is 18.2. The minimum Gasteiger partial charge on any atom is -0.495 e. The van der Waals surface area contributed by atoms with Gasteiger partial charge in [0.25, 0.3) is 0 Å². The number of methoxy groups -OCH3 is 1. The van der Waals surface area contributed by atoms with E-state index in [4.69, 9.17) is 4.74 Å². The van der Waals surface area contributed by atoms with E-state index in [1.165, 1.54) is 11.4 Å². The molecule has 2 aromatic carbocycles. The number of benzene rings is 2. The van der Waals surface area contributed by atoms with Gasteiger partial charge < -0.3 is 15.4 Å². The van der Waals surface area contributed by atoms with E-state index in [-0.39, 0.29) is 17.5 Å². The largest absolute Gasteiger partial charge is 0.495 e. The molecule has 8 nitrogen and oxygen atoms in total. The fraction of sp³-hybridized carbons (Fsp3) is 0.364. The molecule has 1 aliphatic heterocycles. The number of carbonyl (C=O) groups excluding carboxylic acids is 2. The average molecular weight is 446 g/mol. The summed E-state index contributed by atoms with van der Waals surface area (Å²) in [4.78, 5) is 24.6. The van der Waals surface area contributed by atoms with E-state index >= 15 is 0 Å². The van der Waals surface area contributed by atoms with Crippen molar-refractivity contribution in [1.82, 2.24) is 9.62 Å². The highest BCUT2D eigenvalue weighted by Gasteiger charge is 2.33. The predicted molar refractivity (Wildman–Crippen MR) is 117 cm³/mol. The van der Waals surface area contributed by atoms with E-state index < -0.39 is 21.8 Å². The minimum absolute atomic E-state index is 0.198. The van der Waals surface area contributed by atoms with E-state index in [9.17, 15) is 18.0 Å². The van der Waals surface area contributed by atoms with Crippen molar-refractivity contribution in [1.29, 1.82) is 0 Å². The number of sulfonamides is 1. The molecule has 0 saturated carbocycles. The summed E-state index contributed by atoms with van der Waals surface area (Å²) in [5.74, 6) is -1.13. The van der Waals surface area contributed by atoms with Crippen molar-refractivity contribution in [2.24, 2.45) is 0 Å². The topological polar surface area (TPSA) is 105 Å². The Morgan fingerprint density at radius 1 is 1.03 bits per heavy atom. The summed E-state index contributed by atoms with van der Waals surface area (Å²) in [5, 5.41) is 5.11. The van der Waals surface area contributed by atoms with Crippen LogP contribution in [0.5, 0.6) is 5.75 Å². The molecule has 1 aliphatic rings. The Hall–Kier alpha value is -2.91. The maximum Gasteiger partial charge on any atom is 0.313 e. The third kappa shape index (κ3) is 5.62. The SMILES string of the molecule is COc1ccccc1NC(=O)C(=O)NCC[C@@H]1CCCCN1S(=O)(=O)c1ccccc1. The molecule has 9 heteroatoms. The summed E-state index contributed by atoms with van der Waals surface area (Å²) in [6, 6.07) is 14.9. The van der Waals surface area contributed by atoms with Gasteiger partial charge in [0.1, 0.15) is 5.75 Å². The van der Waals surface area contributed by atoms with E-state index in [0.29, 0.717) is 24.4 Å². The van der Waals surface area contributed by atoms with Crippen LogP contribution in [-0.4, -0.2) is 50.8 Å². The van der Waals surface area contributed by atoms with Crippen molar-refractivity contribution < 1.29 is 22.7 Å². The Bertz CT molecular complexity index is 1010. The third-order valence-corrected chi connectivity index (χ3v) is 7.21. The number of para-hydroxylation sites is 2. The minimum atomic E-state index is -3.60. The lowest BCUT2D eigenvalue weighted by Gasteiger charge is -2.34. The maximum atomic E-state index is 13.0. The summed E-state index contributed by atoms with van der Waals surface area (Å²) in [5.41, 5.74) is 0.401. The summed E-state index contributed by atoms with van der Waals surface area (Å²) >= 11 is 0. The van der Waals surface area contributed by atoms with E-state index in [2.05, 4.69) is 10.6 Å². The molecule has 166 valence electrons. The first-order valence-corrected chi connectivity index (χ1v) is 11.7. The van der Waals surface area contributed by atoms with Crippen molar-refractivity contribution >= 4 is 27.5 Å². The zero-order valence-electron chi connectivity index (χ0n) is 17.4. The number of rotatable bonds is 7. The fourth-order valence-corrected chi connectivity index (χ4v) is 5.41. The second-order valence-corrected chi connectivity index (χ2v) is 9.17. The van der Waals surface area contributed by atoms with Crippen LogP contribution in [0.3, 0.4) is 0 Å². The van der Waals surface area contributed by atoms with Crippen LogP contribution >= 0.6 is 0 Å². The quantitative estimate of drug-likeness (QED) is 0.637. The van der Waals surface area contributed by atoms with Crippen molar-refractivity contribution in [3.63, 3.8) is 0 Å². The molecule has 0 spiro atoms. The Labute approximate surface area is 182 Å². The van der Waals surface area contributed by atoms with Gasteiger partial charge in [0.05, 0.1) is 17.7 Å². The number of hydrogen-bond acceptors (Lipinski definition) is 5. The highest BCUT2D eigenvalue weighted by atomic mass is 32.2. The molecule has 1 heterocycles. The Morgan fingerprint density at radius 2 is 1.74 bits per heavy atom. The molecule has 2 N–H and O–H groups in total. The van der Waals surface area contributed by atoms with Gasteiger partial charge in [-0.15, -0.1) is 0 Å². The third-order valence-electron chi connectivity index (χ3n) is 5.25. The molecule has 31 heavy (non-hydrogen) atoms. The first-order valence-electron chi connectivity index (χ1n) is 10.2. The molecule has 0 aromatic heterocycles. The predicted octanol–water partition coefficient (Wildman–Crippen LogP) is 2.38. The molecule has 0 radical (unpaired) electrons. The van der Waals surface area contributed by atoms with Crippen molar-refractivity contribution in [3.8, 4) is 5.75 Å². The second kappa shape index (κ2) is 10.4. The Kier molecular flexibility index (Phi) is 7.64. The number of ether oxygens (including phenoxy) is 1. The van der Waals surface area contributed by atoms with Crippen molar-refractivity contribution in [2.45, 2.75) is 36.6 Å². The van der Waals surface area contributed by atoms with Crippen LogP contribution in [0.2, 0.25) is 0 Å². The molecule has 1 saturated heterocycles. The monoisotopic (exact) mass is 445 g/mol. The smallest absolute Gasteiger partial charge is 0.313 e. The summed E-state index contributed by atoms with van der Waals surface area (Å²) < 4.78 is 32.7.